The smallest absolute Gasteiger partial charge is 0.176 e. The Morgan fingerprint density at radius 1 is 0.909 bits per heavy atom. The maximum Gasteiger partial charge on any atom is 0.176 e. The number of phenolic OH excluding ortho intramolecular Hbond substituents is 1. The summed E-state index contributed by atoms with van der Waals surface area (Å²) in [6, 6.07) is 7.71. The predicted octanol–water partition coefficient (Wildman–Crippen LogP) is 1.98. The molecule has 122 valence electrons. The number of unbranched alkanes of at least 4 members (excludes halogenated alkanes) is 7. The summed E-state index contributed by atoms with van der Waals surface area (Å²) >= 11 is 0. The maximum atomic E-state index is 9.79. The van der Waals surface area contributed by atoms with Crippen LogP contribution in [0.3, 0.4) is 0 Å². The molecule has 0 radical (unpaired) electrons. The van der Waals surface area contributed by atoms with Gasteiger partial charge in [-0.3, -0.25) is 0 Å². The molecule has 2 rings (SSSR count). The summed E-state index contributed by atoms with van der Waals surface area (Å²) in [4.78, 5) is 0. The Bertz CT molecular complexity index is 556. The SMILES string of the molecule is CCCCCCCCCC[n+]1ccc2c(O)cccc2c1.[Br-]. The second-order valence-corrected chi connectivity index (χ2v) is 5.94. The van der Waals surface area contributed by atoms with Crippen molar-refractivity contribution in [2.75, 3.05) is 0 Å². The summed E-state index contributed by atoms with van der Waals surface area (Å²) in [5, 5.41) is 11.8. The zero-order valence-corrected chi connectivity index (χ0v) is 15.2. The Kier molecular flexibility index (Phi) is 9.14. The van der Waals surface area contributed by atoms with Crippen LogP contribution >= 0.6 is 0 Å². The quantitative estimate of drug-likeness (QED) is 0.533. The van der Waals surface area contributed by atoms with E-state index >= 15 is 0 Å². The van der Waals surface area contributed by atoms with Crippen LogP contribution in [0.4, 0.5) is 0 Å². The van der Waals surface area contributed by atoms with E-state index < -0.39 is 0 Å². The third kappa shape index (κ3) is 5.96. The van der Waals surface area contributed by atoms with E-state index in [-0.39, 0.29) is 17.0 Å². The van der Waals surface area contributed by atoms with E-state index in [0.29, 0.717) is 5.75 Å². The molecule has 0 atom stereocenters. The van der Waals surface area contributed by atoms with E-state index in [1.807, 2.05) is 12.1 Å². The van der Waals surface area contributed by atoms with Gasteiger partial charge in [-0.2, -0.15) is 0 Å². The first-order chi connectivity index (χ1) is 10.3. The van der Waals surface area contributed by atoms with E-state index in [1.165, 1.54) is 51.4 Å². The summed E-state index contributed by atoms with van der Waals surface area (Å²) in [5.74, 6) is 0.367. The minimum absolute atomic E-state index is 0. The average Bonchev–Trinajstić information content (AvgIpc) is 2.50. The minimum atomic E-state index is 0. The van der Waals surface area contributed by atoms with Gasteiger partial charge in [0.25, 0.3) is 0 Å². The molecule has 3 heteroatoms. The number of aryl methyl sites for hydroxylation is 1. The number of fused-ring (bicyclic) bond motifs is 1. The highest BCUT2D eigenvalue weighted by Gasteiger charge is 2.05. The zero-order chi connectivity index (χ0) is 14.9. The Morgan fingerprint density at radius 2 is 1.59 bits per heavy atom. The number of aromatic nitrogens is 1. The van der Waals surface area contributed by atoms with Gasteiger partial charge in [0.05, 0.1) is 0 Å². The normalized spacial score (nSPS) is 10.6. The number of pyridine rings is 1. The largest absolute Gasteiger partial charge is 1.00 e. The first-order valence-electron chi connectivity index (χ1n) is 8.42. The number of hydrogen-bond donors (Lipinski definition) is 1. The van der Waals surface area contributed by atoms with Crippen molar-refractivity contribution in [2.45, 2.75) is 64.8 Å². The molecule has 0 amide bonds. The number of hydrogen-bond acceptors (Lipinski definition) is 1. The third-order valence-electron chi connectivity index (χ3n) is 4.12. The molecule has 0 aliphatic rings. The van der Waals surface area contributed by atoms with Gasteiger partial charge in [-0.15, -0.1) is 0 Å². The fourth-order valence-electron chi connectivity index (χ4n) is 2.82. The lowest BCUT2D eigenvalue weighted by Gasteiger charge is -2.02. The van der Waals surface area contributed by atoms with E-state index in [1.54, 1.807) is 6.07 Å². The highest BCUT2D eigenvalue weighted by Crippen LogP contribution is 2.22. The van der Waals surface area contributed by atoms with Gasteiger partial charge in [0.2, 0.25) is 0 Å². The van der Waals surface area contributed by atoms with Crippen LogP contribution in [-0.2, 0) is 6.54 Å². The van der Waals surface area contributed by atoms with Gasteiger partial charge >= 0.3 is 0 Å². The molecule has 1 N–H and O–H groups in total. The molecule has 0 aliphatic carbocycles. The first-order valence-corrected chi connectivity index (χ1v) is 8.42. The molecular weight excluding hydrogens is 338 g/mol. The molecule has 0 unspecified atom stereocenters. The molecule has 1 heterocycles. The van der Waals surface area contributed by atoms with E-state index in [4.69, 9.17) is 0 Å². The Hall–Kier alpha value is -1.09. The van der Waals surface area contributed by atoms with Crippen LogP contribution in [-0.4, -0.2) is 5.11 Å². The fraction of sp³-hybridized carbons (Fsp3) is 0.526. The van der Waals surface area contributed by atoms with Gasteiger partial charge in [0.1, 0.15) is 12.3 Å². The van der Waals surface area contributed by atoms with Crippen molar-refractivity contribution in [1.29, 1.82) is 0 Å². The molecule has 0 saturated heterocycles. The van der Waals surface area contributed by atoms with Crippen molar-refractivity contribution in [3.63, 3.8) is 0 Å². The highest BCUT2D eigenvalue weighted by atomic mass is 79.9. The lowest BCUT2D eigenvalue weighted by atomic mass is 10.1. The second-order valence-electron chi connectivity index (χ2n) is 5.94. The van der Waals surface area contributed by atoms with E-state index in [2.05, 4.69) is 30.0 Å². The summed E-state index contributed by atoms with van der Waals surface area (Å²) in [5.41, 5.74) is 0. The first kappa shape index (κ1) is 19.0. The lowest BCUT2D eigenvalue weighted by molar-refractivity contribution is -0.696. The van der Waals surface area contributed by atoms with Crippen LogP contribution in [0.1, 0.15) is 58.3 Å². The molecule has 22 heavy (non-hydrogen) atoms. The minimum Gasteiger partial charge on any atom is -1.00 e. The molecule has 0 saturated carbocycles. The Morgan fingerprint density at radius 3 is 2.32 bits per heavy atom. The molecular formula is C19H28BrNO. The topological polar surface area (TPSA) is 24.1 Å². The number of phenols is 1. The fourth-order valence-corrected chi connectivity index (χ4v) is 2.82. The van der Waals surface area contributed by atoms with Gasteiger partial charge < -0.3 is 22.1 Å². The van der Waals surface area contributed by atoms with Gasteiger partial charge in [-0.05, 0) is 18.6 Å². The monoisotopic (exact) mass is 365 g/mol. The van der Waals surface area contributed by atoms with E-state index in [9.17, 15) is 5.11 Å². The molecule has 0 fully saturated rings. The number of halogens is 1. The Labute approximate surface area is 144 Å². The van der Waals surface area contributed by atoms with Gasteiger partial charge in [-0.25, -0.2) is 4.57 Å². The zero-order valence-electron chi connectivity index (χ0n) is 13.6. The summed E-state index contributed by atoms with van der Waals surface area (Å²) in [6.45, 7) is 3.33. The predicted molar refractivity (Wildman–Crippen MR) is 88.4 cm³/mol. The number of benzene rings is 1. The summed E-state index contributed by atoms with van der Waals surface area (Å²) in [6.07, 6.45) is 15.0. The molecule has 0 spiro atoms. The average molecular weight is 366 g/mol. The molecule has 2 nitrogen and oxygen atoms in total. The maximum absolute atomic E-state index is 9.79. The standard InChI is InChI=1S/C19H27NO.BrH/c1-2-3-4-5-6-7-8-9-14-20-15-13-18-17(16-20)11-10-12-19(18)21;/h10-13,15-16H,2-9,14H2,1H3;1H. The van der Waals surface area contributed by atoms with Crippen LogP contribution in [0.15, 0.2) is 36.7 Å². The van der Waals surface area contributed by atoms with Gasteiger partial charge in [0.15, 0.2) is 12.4 Å². The van der Waals surface area contributed by atoms with Crippen LogP contribution < -0.4 is 21.5 Å². The van der Waals surface area contributed by atoms with Crippen molar-refractivity contribution in [3.05, 3.63) is 36.7 Å². The van der Waals surface area contributed by atoms with Gasteiger partial charge in [0, 0.05) is 23.3 Å². The van der Waals surface area contributed by atoms with Crippen LogP contribution in [0.2, 0.25) is 0 Å². The third-order valence-corrected chi connectivity index (χ3v) is 4.12. The van der Waals surface area contributed by atoms with Crippen molar-refractivity contribution in [3.8, 4) is 5.75 Å². The second kappa shape index (κ2) is 10.6. The van der Waals surface area contributed by atoms with Crippen molar-refractivity contribution >= 4 is 10.8 Å². The number of rotatable bonds is 9. The van der Waals surface area contributed by atoms with Crippen molar-refractivity contribution < 1.29 is 26.7 Å². The lowest BCUT2D eigenvalue weighted by Crippen LogP contribution is -3.00. The van der Waals surface area contributed by atoms with Crippen LogP contribution in [0.5, 0.6) is 5.75 Å². The number of nitrogens with zero attached hydrogens (tertiary/aromatic N) is 1. The van der Waals surface area contributed by atoms with Gasteiger partial charge in [-0.1, -0.05) is 51.5 Å². The highest BCUT2D eigenvalue weighted by molar-refractivity contribution is 5.86. The molecule has 0 aliphatic heterocycles. The molecule has 0 bridgehead atoms. The number of aromatic hydroxyl groups is 1. The van der Waals surface area contributed by atoms with Crippen molar-refractivity contribution in [1.82, 2.24) is 0 Å². The van der Waals surface area contributed by atoms with E-state index in [0.717, 1.165) is 17.3 Å². The molecule has 1 aromatic carbocycles. The summed E-state index contributed by atoms with van der Waals surface area (Å²) in [7, 11) is 0. The summed E-state index contributed by atoms with van der Waals surface area (Å²) < 4.78 is 2.23. The molecule has 1 aromatic heterocycles. The van der Waals surface area contributed by atoms with Crippen LogP contribution in [0.25, 0.3) is 10.8 Å². The van der Waals surface area contributed by atoms with Crippen LogP contribution in [0, 0.1) is 0 Å². The van der Waals surface area contributed by atoms with Crippen molar-refractivity contribution in [2.24, 2.45) is 0 Å². The Balaban J connectivity index is 0.00000242. The molecule has 2 aromatic rings.